The van der Waals surface area contributed by atoms with E-state index in [1.54, 1.807) is 6.20 Å². The van der Waals surface area contributed by atoms with Crippen molar-refractivity contribution < 1.29 is 30.0 Å². The number of tetrazole rings is 2. The van der Waals surface area contributed by atoms with E-state index in [9.17, 15) is 30.0 Å². The molecule has 0 aromatic carbocycles. The van der Waals surface area contributed by atoms with Gasteiger partial charge in [0.25, 0.3) is 0 Å². The number of rotatable bonds is 17. The number of hydrogen-bond donors (Lipinski definition) is 6. The van der Waals surface area contributed by atoms with Gasteiger partial charge in [0.2, 0.25) is 0 Å². The number of aliphatic hydroxyl groups is 2. The fraction of sp³-hybridized carbons (Fsp3) is 0.632. The van der Waals surface area contributed by atoms with Crippen LogP contribution in [0.1, 0.15) is 94.4 Å². The van der Waals surface area contributed by atoms with Crippen molar-refractivity contribution in [2.24, 2.45) is 29.6 Å². The van der Waals surface area contributed by atoms with Gasteiger partial charge >= 0.3 is 11.9 Å². The standard InChI is InChI=1S/C20H30N6O3.C18H26N6O3/c1-13(2)9-17(20(28)29)16(19-22-24-25-23-19)10-15-3-4-18(21-11-15)26-7-5-14(12-27)6-8-26;1-11(2)7-15(18(26)27)14(17-20-22-23-21-17)8-12-3-4-16(19-9-12)24-6-5-13(25)10-24/h3-4,11,13-14,16-17,27H,5-10,12H2,1-2H3,(H,28,29)(H,22,23,24,25);3-4,9,11,13-15,25H,5-8,10H2,1-2H3,(H,26,27)(H,20,21,22,23)/t16-,17-;13?,14-,15-/m00/s1. The van der Waals surface area contributed by atoms with Crippen LogP contribution in [-0.2, 0) is 22.4 Å². The van der Waals surface area contributed by atoms with Crippen molar-refractivity contribution in [1.29, 1.82) is 0 Å². The first kappa shape index (κ1) is 42.1. The number of aromatic nitrogens is 10. The van der Waals surface area contributed by atoms with Gasteiger partial charge in [-0.1, -0.05) is 50.3 Å². The number of anilines is 2. The zero-order valence-corrected chi connectivity index (χ0v) is 32.6. The van der Waals surface area contributed by atoms with Gasteiger partial charge in [-0.25, -0.2) is 9.97 Å². The van der Waals surface area contributed by atoms with Crippen LogP contribution in [0.3, 0.4) is 0 Å². The minimum Gasteiger partial charge on any atom is -0.481 e. The number of piperidine rings is 1. The van der Waals surface area contributed by atoms with Crippen molar-refractivity contribution in [3.05, 3.63) is 59.4 Å². The Balaban J connectivity index is 0.000000215. The molecule has 0 saturated carbocycles. The van der Waals surface area contributed by atoms with Crippen molar-refractivity contribution >= 4 is 23.6 Å². The van der Waals surface area contributed by atoms with Gasteiger partial charge < -0.3 is 30.2 Å². The summed E-state index contributed by atoms with van der Waals surface area (Å²) in [6.07, 6.45) is 7.99. The second-order valence-electron chi connectivity index (χ2n) is 15.9. The largest absolute Gasteiger partial charge is 0.481 e. The smallest absolute Gasteiger partial charge is 0.307 e. The number of aliphatic carboxylic acids is 2. The maximum atomic E-state index is 11.9. The number of hydrogen-bond acceptors (Lipinski definition) is 14. The number of carboxylic acid groups (broad SMARTS) is 2. The molecular formula is C38H56N12O6. The first-order valence-electron chi connectivity index (χ1n) is 19.5. The molecule has 0 amide bonds. The molecule has 18 heteroatoms. The topological polar surface area (TPSA) is 256 Å². The van der Waals surface area contributed by atoms with Crippen LogP contribution in [-0.4, -0.2) is 122 Å². The van der Waals surface area contributed by atoms with E-state index in [1.165, 1.54) is 0 Å². The molecule has 2 fully saturated rings. The van der Waals surface area contributed by atoms with E-state index in [2.05, 4.69) is 56.1 Å². The van der Waals surface area contributed by atoms with Crippen LogP contribution in [0.4, 0.5) is 11.6 Å². The summed E-state index contributed by atoms with van der Waals surface area (Å²) < 4.78 is 0. The average molecular weight is 777 g/mol. The number of carboxylic acids is 2. The van der Waals surface area contributed by atoms with E-state index >= 15 is 0 Å². The first-order chi connectivity index (χ1) is 26.9. The quantitative estimate of drug-likeness (QED) is 0.0900. The maximum absolute atomic E-state index is 11.9. The van der Waals surface area contributed by atoms with E-state index in [-0.39, 0.29) is 36.4 Å². The predicted octanol–water partition coefficient (Wildman–Crippen LogP) is 3.12. The minimum atomic E-state index is -0.853. The van der Waals surface area contributed by atoms with Crippen LogP contribution in [0, 0.1) is 29.6 Å². The molecule has 18 nitrogen and oxygen atoms in total. The number of nitrogens with zero attached hydrogens (tertiary/aromatic N) is 10. The molecule has 2 saturated heterocycles. The van der Waals surface area contributed by atoms with Gasteiger partial charge in [-0.2, -0.15) is 10.4 Å². The second-order valence-corrected chi connectivity index (χ2v) is 15.9. The summed E-state index contributed by atoms with van der Waals surface area (Å²) >= 11 is 0. The number of nitrogens with one attached hydrogen (secondary N) is 2. The highest BCUT2D eigenvalue weighted by Crippen LogP contribution is 2.33. The van der Waals surface area contributed by atoms with Crippen LogP contribution < -0.4 is 9.80 Å². The fourth-order valence-corrected chi connectivity index (χ4v) is 7.62. The molecule has 5 atom stereocenters. The van der Waals surface area contributed by atoms with Gasteiger partial charge in [-0.15, -0.1) is 20.4 Å². The zero-order chi connectivity index (χ0) is 40.2. The number of carbonyl (C=O) groups is 2. The number of H-pyrrole nitrogens is 2. The molecule has 304 valence electrons. The Kier molecular flexibility index (Phi) is 15.2. The van der Waals surface area contributed by atoms with Gasteiger partial charge in [0.15, 0.2) is 11.6 Å². The maximum Gasteiger partial charge on any atom is 0.307 e. The van der Waals surface area contributed by atoms with Gasteiger partial charge in [-0.3, -0.25) is 9.59 Å². The summed E-state index contributed by atoms with van der Waals surface area (Å²) in [7, 11) is 0. The molecule has 0 radical (unpaired) electrons. The van der Waals surface area contributed by atoms with E-state index in [0.717, 1.165) is 61.7 Å². The summed E-state index contributed by atoms with van der Waals surface area (Å²) in [4.78, 5) is 37.2. The molecule has 4 aromatic rings. The number of β-amino-alcohol motifs (C(OH)–C–C–N with tert-alkyl or cyclic N) is 1. The highest BCUT2D eigenvalue weighted by molar-refractivity contribution is 5.71. The van der Waals surface area contributed by atoms with E-state index in [1.807, 2.05) is 63.1 Å². The van der Waals surface area contributed by atoms with Crippen molar-refractivity contribution in [2.75, 3.05) is 42.6 Å². The van der Waals surface area contributed by atoms with E-state index in [0.29, 0.717) is 49.8 Å². The third kappa shape index (κ3) is 11.7. The fourth-order valence-electron chi connectivity index (χ4n) is 7.62. The van der Waals surface area contributed by atoms with Gasteiger partial charge in [-0.05, 0) is 86.0 Å². The van der Waals surface area contributed by atoms with Crippen molar-refractivity contribution in [3.8, 4) is 0 Å². The Labute approximate surface area is 326 Å². The molecule has 2 aliphatic rings. The second kappa shape index (κ2) is 20.2. The van der Waals surface area contributed by atoms with Gasteiger partial charge in [0.05, 0.1) is 17.9 Å². The van der Waals surface area contributed by atoms with E-state index < -0.39 is 23.8 Å². The Morgan fingerprint density at radius 1 is 0.732 bits per heavy atom. The zero-order valence-electron chi connectivity index (χ0n) is 32.6. The van der Waals surface area contributed by atoms with Gasteiger partial charge in [0, 0.05) is 57.0 Å². The molecule has 6 N–H and O–H groups in total. The lowest BCUT2D eigenvalue weighted by Gasteiger charge is -2.32. The molecule has 4 aromatic heterocycles. The summed E-state index contributed by atoms with van der Waals surface area (Å²) in [5.41, 5.74) is 1.87. The lowest BCUT2D eigenvalue weighted by Crippen LogP contribution is -2.35. The lowest BCUT2D eigenvalue weighted by molar-refractivity contribution is -0.144. The van der Waals surface area contributed by atoms with Crippen LogP contribution in [0.15, 0.2) is 36.7 Å². The van der Waals surface area contributed by atoms with Crippen LogP contribution in [0.25, 0.3) is 0 Å². The molecule has 2 aliphatic heterocycles. The Bertz CT molecular complexity index is 1750. The summed E-state index contributed by atoms with van der Waals surface area (Å²) in [6, 6.07) is 7.86. The molecule has 0 spiro atoms. The minimum absolute atomic E-state index is 0.239. The van der Waals surface area contributed by atoms with Crippen molar-refractivity contribution in [3.63, 3.8) is 0 Å². The SMILES string of the molecule is CC(C)C[C@H](C(=O)O)[C@H](Cc1ccc(N2CCC(CO)CC2)nc1)c1nn[nH]n1.CC(C)C[C@H](C(=O)O)[C@H](Cc1ccc(N2CCC(O)C2)nc1)c1nn[nH]n1. The summed E-state index contributed by atoms with van der Waals surface area (Å²) in [5.74, 6) is -0.207. The van der Waals surface area contributed by atoms with E-state index in [4.69, 9.17) is 0 Å². The molecule has 6 rings (SSSR count). The number of aromatic amines is 2. The third-order valence-corrected chi connectivity index (χ3v) is 10.7. The average Bonchev–Trinajstić information content (AvgIpc) is 4.00. The summed E-state index contributed by atoms with van der Waals surface area (Å²) in [5, 5.41) is 66.8. The Morgan fingerprint density at radius 2 is 1.20 bits per heavy atom. The van der Waals surface area contributed by atoms with Crippen LogP contribution >= 0.6 is 0 Å². The molecule has 6 heterocycles. The predicted molar refractivity (Wildman–Crippen MR) is 206 cm³/mol. The Morgan fingerprint density at radius 3 is 1.54 bits per heavy atom. The van der Waals surface area contributed by atoms with Crippen LogP contribution in [0.2, 0.25) is 0 Å². The highest BCUT2D eigenvalue weighted by Gasteiger charge is 2.35. The van der Waals surface area contributed by atoms with Crippen molar-refractivity contribution in [2.45, 2.75) is 90.6 Å². The van der Waals surface area contributed by atoms with Crippen molar-refractivity contribution in [1.82, 2.24) is 51.2 Å². The molecule has 56 heavy (non-hydrogen) atoms. The number of pyridine rings is 2. The molecular weight excluding hydrogens is 720 g/mol. The first-order valence-corrected chi connectivity index (χ1v) is 19.5. The summed E-state index contributed by atoms with van der Waals surface area (Å²) in [6.45, 7) is 11.4. The lowest BCUT2D eigenvalue weighted by atomic mass is 9.81. The van der Waals surface area contributed by atoms with Gasteiger partial charge in [0.1, 0.15) is 11.6 Å². The monoisotopic (exact) mass is 776 g/mol. The molecule has 0 bridgehead atoms. The normalized spacial score (nSPS) is 18.4. The molecule has 0 aliphatic carbocycles. The molecule has 1 unspecified atom stereocenters. The third-order valence-electron chi connectivity index (χ3n) is 10.7. The highest BCUT2D eigenvalue weighted by atomic mass is 16.4. The number of aliphatic hydroxyl groups excluding tert-OH is 2. The van der Waals surface area contributed by atoms with Crippen LogP contribution in [0.5, 0.6) is 0 Å². The Hall–Kier alpha value is -5.10.